The Hall–Kier alpha value is -3.16. The van der Waals surface area contributed by atoms with E-state index in [2.05, 4.69) is 0 Å². The van der Waals surface area contributed by atoms with Gasteiger partial charge < -0.3 is 10.0 Å². The van der Waals surface area contributed by atoms with Crippen molar-refractivity contribution in [2.45, 2.75) is 26.3 Å². The van der Waals surface area contributed by atoms with Gasteiger partial charge >= 0.3 is 11.7 Å². The zero-order valence-electron chi connectivity index (χ0n) is 13.6. The summed E-state index contributed by atoms with van der Waals surface area (Å²) < 4.78 is 2.01. The lowest BCUT2D eigenvalue weighted by Crippen LogP contribution is -2.41. The number of carbonyl (C=O) groups is 2. The van der Waals surface area contributed by atoms with E-state index in [0.29, 0.717) is 18.7 Å². The first kappa shape index (κ1) is 16.7. The number of carboxylic acid groups (broad SMARTS) is 1. The van der Waals surface area contributed by atoms with Gasteiger partial charge in [-0.15, -0.1) is 0 Å². The molecule has 0 bridgehead atoms. The number of hydrogen-bond acceptors (Lipinski definition) is 4. The number of rotatable bonds is 4. The van der Waals surface area contributed by atoms with E-state index in [1.54, 1.807) is 36.1 Å². The number of nitrogens with zero attached hydrogens (tertiary/aromatic N) is 3. The molecule has 1 saturated heterocycles. The van der Waals surface area contributed by atoms with Gasteiger partial charge in [0.1, 0.15) is 5.56 Å². The van der Waals surface area contributed by atoms with Crippen LogP contribution >= 0.6 is 0 Å². The minimum absolute atomic E-state index is 0.0533. The summed E-state index contributed by atoms with van der Waals surface area (Å²) in [6.07, 6.45) is 2.36. The van der Waals surface area contributed by atoms with Crippen molar-refractivity contribution in [3.63, 3.8) is 0 Å². The highest BCUT2D eigenvalue weighted by atomic mass is 16.4. The molecule has 1 fully saturated rings. The standard InChI is InChI=1S/C17H17N3O5/c1-2-18-15(22)13(16(23)24)10-20(17(18)25)12-7-5-11(6-8-12)19-9-3-4-14(19)21/h5-8,10H,2-4,9H2,1H3,(H,23,24). The Morgan fingerprint density at radius 2 is 1.76 bits per heavy atom. The van der Waals surface area contributed by atoms with Crippen LogP contribution in [0.5, 0.6) is 0 Å². The highest BCUT2D eigenvalue weighted by molar-refractivity contribution is 5.95. The van der Waals surface area contributed by atoms with Crippen LogP contribution in [0, 0.1) is 0 Å². The van der Waals surface area contributed by atoms with Crippen molar-refractivity contribution in [1.82, 2.24) is 9.13 Å². The second kappa shape index (κ2) is 6.39. The van der Waals surface area contributed by atoms with Crippen molar-refractivity contribution in [1.29, 1.82) is 0 Å². The van der Waals surface area contributed by atoms with E-state index in [4.69, 9.17) is 0 Å². The zero-order chi connectivity index (χ0) is 18.1. The molecule has 1 N–H and O–H groups in total. The van der Waals surface area contributed by atoms with Crippen LogP contribution in [0.1, 0.15) is 30.1 Å². The van der Waals surface area contributed by atoms with Gasteiger partial charge in [-0.2, -0.15) is 0 Å². The molecular formula is C17H17N3O5. The van der Waals surface area contributed by atoms with Crippen LogP contribution in [0.4, 0.5) is 5.69 Å². The molecule has 0 saturated carbocycles. The maximum atomic E-state index is 12.5. The van der Waals surface area contributed by atoms with E-state index in [0.717, 1.165) is 27.4 Å². The van der Waals surface area contributed by atoms with E-state index in [1.807, 2.05) is 0 Å². The second-order valence-corrected chi connectivity index (χ2v) is 5.72. The third-order valence-electron chi connectivity index (χ3n) is 4.23. The quantitative estimate of drug-likeness (QED) is 0.886. The Morgan fingerprint density at radius 1 is 1.12 bits per heavy atom. The van der Waals surface area contributed by atoms with Gasteiger partial charge in [0, 0.05) is 31.4 Å². The van der Waals surface area contributed by atoms with Gasteiger partial charge in [0.05, 0.1) is 5.69 Å². The fourth-order valence-corrected chi connectivity index (χ4v) is 2.93. The fourth-order valence-electron chi connectivity index (χ4n) is 2.93. The maximum Gasteiger partial charge on any atom is 0.342 e. The third kappa shape index (κ3) is 2.86. The summed E-state index contributed by atoms with van der Waals surface area (Å²) in [4.78, 5) is 49.2. The van der Waals surface area contributed by atoms with Crippen LogP contribution in [0.15, 0.2) is 40.1 Å². The number of hydrogen-bond donors (Lipinski definition) is 1. The molecular weight excluding hydrogens is 326 g/mol. The van der Waals surface area contributed by atoms with Crippen LogP contribution in [0.25, 0.3) is 5.69 Å². The summed E-state index contributed by atoms with van der Waals surface area (Å²) in [5.41, 5.74) is -0.759. The molecule has 1 aliphatic heterocycles. The minimum Gasteiger partial charge on any atom is -0.477 e. The summed E-state index contributed by atoms with van der Waals surface area (Å²) in [6.45, 7) is 2.32. The molecule has 3 rings (SSSR count). The van der Waals surface area contributed by atoms with Crippen LogP contribution in [0.3, 0.4) is 0 Å². The molecule has 0 aliphatic carbocycles. The Morgan fingerprint density at radius 3 is 2.28 bits per heavy atom. The molecule has 25 heavy (non-hydrogen) atoms. The average molecular weight is 343 g/mol. The summed E-state index contributed by atoms with van der Waals surface area (Å²) in [7, 11) is 0. The molecule has 8 heteroatoms. The van der Waals surface area contributed by atoms with Crippen molar-refractivity contribution in [2.75, 3.05) is 11.4 Å². The molecule has 2 aromatic rings. The molecule has 0 radical (unpaired) electrons. The number of carbonyl (C=O) groups excluding carboxylic acids is 1. The first-order valence-corrected chi connectivity index (χ1v) is 7.94. The zero-order valence-corrected chi connectivity index (χ0v) is 13.6. The third-order valence-corrected chi connectivity index (χ3v) is 4.23. The number of amides is 1. The van der Waals surface area contributed by atoms with Crippen molar-refractivity contribution >= 4 is 17.6 Å². The normalized spacial score (nSPS) is 14.1. The average Bonchev–Trinajstić information content (AvgIpc) is 3.01. The number of aromatic carboxylic acids is 1. The predicted octanol–water partition coefficient (Wildman–Crippen LogP) is 0.844. The molecule has 0 atom stereocenters. The fraction of sp³-hybridized carbons (Fsp3) is 0.294. The van der Waals surface area contributed by atoms with Crippen LogP contribution < -0.4 is 16.1 Å². The van der Waals surface area contributed by atoms with Crippen molar-refractivity contribution in [2.24, 2.45) is 0 Å². The monoisotopic (exact) mass is 343 g/mol. The number of carboxylic acids is 1. The Labute approximate surface area is 142 Å². The Kier molecular flexibility index (Phi) is 4.26. The van der Waals surface area contributed by atoms with Crippen LogP contribution in [-0.4, -0.2) is 32.7 Å². The molecule has 130 valence electrons. The first-order chi connectivity index (χ1) is 11.9. The summed E-state index contributed by atoms with van der Waals surface area (Å²) in [5.74, 6) is -1.34. The minimum atomic E-state index is -1.39. The summed E-state index contributed by atoms with van der Waals surface area (Å²) in [5, 5.41) is 9.19. The number of benzene rings is 1. The van der Waals surface area contributed by atoms with E-state index >= 15 is 0 Å². The summed E-state index contributed by atoms with van der Waals surface area (Å²) >= 11 is 0. The van der Waals surface area contributed by atoms with Gasteiger partial charge in [-0.3, -0.25) is 18.7 Å². The van der Waals surface area contributed by atoms with E-state index in [1.165, 1.54) is 0 Å². The predicted molar refractivity (Wildman–Crippen MR) is 90.5 cm³/mol. The van der Waals surface area contributed by atoms with E-state index in [-0.39, 0.29) is 12.5 Å². The van der Waals surface area contributed by atoms with Gasteiger partial charge in [0.15, 0.2) is 0 Å². The smallest absolute Gasteiger partial charge is 0.342 e. The second-order valence-electron chi connectivity index (χ2n) is 5.72. The molecule has 1 aliphatic rings. The molecule has 2 heterocycles. The molecule has 0 unspecified atom stereocenters. The number of anilines is 1. The van der Waals surface area contributed by atoms with Crippen LogP contribution in [0.2, 0.25) is 0 Å². The lowest BCUT2D eigenvalue weighted by atomic mass is 10.2. The molecule has 1 aromatic carbocycles. The molecule has 1 amide bonds. The molecule has 0 spiro atoms. The highest BCUT2D eigenvalue weighted by Crippen LogP contribution is 2.22. The topological polar surface area (TPSA) is 102 Å². The van der Waals surface area contributed by atoms with E-state index in [9.17, 15) is 24.3 Å². The van der Waals surface area contributed by atoms with Gasteiger partial charge in [0.25, 0.3) is 5.56 Å². The Balaban J connectivity index is 2.09. The largest absolute Gasteiger partial charge is 0.477 e. The highest BCUT2D eigenvalue weighted by Gasteiger charge is 2.22. The van der Waals surface area contributed by atoms with Crippen molar-refractivity contribution in [3.8, 4) is 5.69 Å². The van der Waals surface area contributed by atoms with Gasteiger partial charge in [0.2, 0.25) is 5.91 Å². The maximum absolute atomic E-state index is 12.5. The van der Waals surface area contributed by atoms with Crippen LogP contribution in [-0.2, 0) is 11.3 Å². The molecule has 8 nitrogen and oxygen atoms in total. The SMILES string of the molecule is CCn1c(=O)c(C(=O)O)cn(-c2ccc(N3CCCC3=O)cc2)c1=O. The molecule has 1 aromatic heterocycles. The van der Waals surface area contributed by atoms with Crippen molar-refractivity contribution in [3.05, 3.63) is 56.9 Å². The van der Waals surface area contributed by atoms with Gasteiger partial charge in [-0.25, -0.2) is 9.59 Å². The van der Waals surface area contributed by atoms with Gasteiger partial charge in [-0.1, -0.05) is 0 Å². The lowest BCUT2D eigenvalue weighted by molar-refractivity contribution is -0.117. The first-order valence-electron chi connectivity index (χ1n) is 7.94. The Bertz CT molecular complexity index is 956. The van der Waals surface area contributed by atoms with E-state index < -0.39 is 22.8 Å². The number of aromatic nitrogens is 2. The summed E-state index contributed by atoms with van der Waals surface area (Å²) in [6, 6.07) is 6.65. The van der Waals surface area contributed by atoms with Crippen molar-refractivity contribution < 1.29 is 14.7 Å². The van der Waals surface area contributed by atoms with Gasteiger partial charge in [-0.05, 0) is 37.6 Å². The lowest BCUT2D eigenvalue weighted by Gasteiger charge is -2.16.